The van der Waals surface area contributed by atoms with Gasteiger partial charge in [-0.15, -0.1) is 11.3 Å². The third-order valence-electron chi connectivity index (χ3n) is 9.87. The lowest BCUT2D eigenvalue weighted by Crippen LogP contribution is -2.60. The molecule has 6 aromatic carbocycles. The monoisotopic (exact) mass is 580 g/mol. The fourth-order valence-electron chi connectivity index (χ4n) is 8.07. The second-order valence-corrected chi connectivity index (χ2v) is 14.4. The summed E-state index contributed by atoms with van der Waals surface area (Å²) in [4.78, 5) is 2.62. The van der Waals surface area contributed by atoms with Crippen LogP contribution in [-0.4, -0.2) is 11.4 Å². The van der Waals surface area contributed by atoms with Crippen LogP contribution in [0.15, 0.2) is 121 Å². The molecule has 0 amide bonds. The van der Waals surface area contributed by atoms with E-state index in [-0.39, 0.29) is 12.3 Å². The van der Waals surface area contributed by atoms with Crippen LogP contribution in [0.4, 0.5) is 11.4 Å². The number of hydrogen-bond donors (Lipinski definition) is 0. The Bertz CT molecular complexity index is 2500. The second kappa shape index (κ2) is 8.43. The van der Waals surface area contributed by atoms with E-state index in [1.165, 1.54) is 86.7 Å². The van der Waals surface area contributed by atoms with Crippen LogP contribution < -0.4 is 15.7 Å². The van der Waals surface area contributed by atoms with Gasteiger partial charge in [0, 0.05) is 53.6 Å². The van der Waals surface area contributed by atoms with Gasteiger partial charge in [-0.3, -0.25) is 0 Å². The highest BCUT2D eigenvalue weighted by Crippen LogP contribution is 2.50. The summed E-state index contributed by atoms with van der Waals surface area (Å²) in [6.45, 7) is 7.16. The van der Waals surface area contributed by atoms with E-state index in [1.807, 2.05) is 11.3 Å². The molecule has 0 atom stereocenters. The first-order chi connectivity index (χ1) is 21.5. The summed E-state index contributed by atoms with van der Waals surface area (Å²) >= 11 is 1.90. The van der Waals surface area contributed by atoms with Gasteiger partial charge in [0.05, 0.1) is 11.0 Å². The average molecular weight is 581 g/mol. The molecule has 0 spiro atoms. The molecule has 0 radical (unpaired) electrons. The largest absolute Gasteiger partial charge is 0.376 e. The van der Waals surface area contributed by atoms with Crippen molar-refractivity contribution in [2.45, 2.75) is 26.2 Å². The van der Waals surface area contributed by atoms with E-state index in [0.717, 1.165) is 0 Å². The zero-order valence-corrected chi connectivity index (χ0v) is 25.7. The number of nitrogens with zero attached hydrogens (tertiary/aromatic N) is 2. The number of para-hydroxylation sites is 3. The molecule has 0 unspecified atom stereocenters. The van der Waals surface area contributed by atoms with Gasteiger partial charge in [-0.25, -0.2) is 0 Å². The standard InChI is InChI=1S/C40H29BN2S/c1-40(2,3)30-22-29-27-21-28-25-15-8-12-20-35(25)44-36(28)23-34(27)43(24-13-5-4-6-14-24)41-31-17-9-11-19-33(31)42-32-18-10-7-16-26(32)37(30)39(42)38(29)41/h4-23H,1-3H3. The SMILES string of the molecule is CC(C)(C)c1cc2c3c4c1c1ccccc1n4-c1ccccc1B3N(c1ccccc1)c1cc3sc4ccccc4c3cc1-2. The average Bonchev–Trinajstić information content (AvgIpc) is 3.59. The molecule has 4 heteroatoms. The van der Waals surface area contributed by atoms with Gasteiger partial charge in [-0.1, -0.05) is 99.6 Å². The van der Waals surface area contributed by atoms with E-state index < -0.39 is 0 Å². The van der Waals surface area contributed by atoms with E-state index in [2.05, 4.69) is 151 Å². The van der Waals surface area contributed by atoms with Gasteiger partial charge in [-0.2, -0.15) is 0 Å². The first-order valence-corrected chi connectivity index (χ1v) is 16.3. The summed E-state index contributed by atoms with van der Waals surface area (Å²) in [5.41, 5.74) is 13.2. The Morgan fingerprint density at radius 1 is 0.614 bits per heavy atom. The summed E-state index contributed by atoms with van der Waals surface area (Å²) < 4.78 is 5.25. The lowest BCUT2D eigenvalue weighted by Gasteiger charge is -2.42. The molecule has 2 aliphatic rings. The fourth-order valence-corrected chi connectivity index (χ4v) is 9.19. The Morgan fingerprint density at radius 3 is 2.18 bits per heavy atom. The van der Waals surface area contributed by atoms with Gasteiger partial charge >= 0.3 is 6.85 Å². The molecule has 0 N–H and O–H groups in total. The van der Waals surface area contributed by atoms with Crippen molar-refractivity contribution in [3.8, 4) is 16.8 Å². The quantitative estimate of drug-likeness (QED) is 0.176. The molecule has 0 fully saturated rings. The Kier molecular flexibility index (Phi) is 4.72. The number of aromatic nitrogens is 1. The van der Waals surface area contributed by atoms with Gasteiger partial charge in [0.1, 0.15) is 0 Å². The molecule has 4 heterocycles. The molecule has 2 aromatic heterocycles. The van der Waals surface area contributed by atoms with Gasteiger partial charge in [-0.05, 0) is 69.9 Å². The molecule has 44 heavy (non-hydrogen) atoms. The molecule has 0 saturated carbocycles. The third kappa shape index (κ3) is 3.06. The lowest BCUT2D eigenvalue weighted by atomic mass is 9.43. The highest BCUT2D eigenvalue weighted by atomic mass is 32.1. The summed E-state index contributed by atoms with van der Waals surface area (Å²) in [5, 5.41) is 5.41. The van der Waals surface area contributed by atoms with Crippen molar-refractivity contribution in [1.29, 1.82) is 0 Å². The molecule has 208 valence electrons. The normalized spacial score (nSPS) is 13.7. The predicted octanol–water partition coefficient (Wildman–Crippen LogP) is 9.69. The van der Waals surface area contributed by atoms with Crippen molar-refractivity contribution < 1.29 is 0 Å². The highest BCUT2D eigenvalue weighted by molar-refractivity contribution is 7.25. The number of hydrogen-bond acceptors (Lipinski definition) is 2. The molecule has 2 aliphatic heterocycles. The first kappa shape index (κ1) is 24.6. The smallest absolute Gasteiger partial charge is 0.333 e. The van der Waals surface area contributed by atoms with Crippen LogP contribution in [-0.2, 0) is 5.41 Å². The minimum Gasteiger partial charge on any atom is -0.376 e. The number of fused-ring (bicyclic) bond motifs is 11. The van der Waals surface area contributed by atoms with E-state index in [0.29, 0.717) is 0 Å². The van der Waals surface area contributed by atoms with E-state index in [9.17, 15) is 0 Å². The van der Waals surface area contributed by atoms with Crippen molar-refractivity contribution in [3.63, 3.8) is 0 Å². The van der Waals surface area contributed by atoms with Crippen LogP contribution in [0.2, 0.25) is 0 Å². The number of rotatable bonds is 1. The molecular formula is C40H29BN2S. The molecule has 10 rings (SSSR count). The van der Waals surface area contributed by atoms with Crippen LogP contribution in [0, 0.1) is 0 Å². The molecule has 0 bridgehead atoms. The van der Waals surface area contributed by atoms with Gasteiger partial charge < -0.3 is 9.38 Å². The molecule has 8 aromatic rings. The van der Waals surface area contributed by atoms with Crippen molar-refractivity contribution in [2.24, 2.45) is 0 Å². The molecule has 2 nitrogen and oxygen atoms in total. The van der Waals surface area contributed by atoms with Crippen LogP contribution in [0.5, 0.6) is 0 Å². The second-order valence-electron chi connectivity index (χ2n) is 13.3. The van der Waals surface area contributed by atoms with Crippen LogP contribution in [0.1, 0.15) is 26.3 Å². The Balaban J connectivity index is 1.47. The van der Waals surface area contributed by atoms with Crippen LogP contribution in [0.3, 0.4) is 0 Å². The topological polar surface area (TPSA) is 8.17 Å². The zero-order chi connectivity index (χ0) is 29.3. The summed E-state index contributed by atoms with van der Waals surface area (Å²) in [6, 6.07) is 45.5. The Morgan fingerprint density at radius 2 is 1.34 bits per heavy atom. The van der Waals surface area contributed by atoms with Crippen LogP contribution >= 0.6 is 11.3 Å². The Hall–Kier alpha value is -4.80. The first-order valence-electron chi connectivity index (χ1n) is 15.5. The van der Waals surface area contributed by atoms with Crippen molar-refractivity contribution >= 4 is 82.5 Å². The van der Waals surface area contributed by atoms with Crippen molar-refractivity contribution in [1.82, 2.24) is 4.57 Å². The molecule has 0 saturated heterocycles. The maximum Gasteiger partial charge on any atom is 0.333 e. The minimum absolute atomic E-state index is 0.0354. The summed E-state index contributed by atoms with van der Waals surface area (Å²) in [6.07, 6.45) is 0. The summed E-state index contributed by atoms with van der Waals surface area (Å²) in [5.74, 6) is 0. The van der Waals surface area contributed by atoms with Gasteiger partial charge in [0.2, 0.25) is 0 Å². The highest BCUT2D eigenvalue weighted by Gasteiger charge is 2.45. The van der Waals surface area contributed by atoms with E-state index >= 15 is 0 Å². The number of benzene rings is 6. The van der Waals surface area contributed by atoms with Crippen molar-refractivity contribution in [3.05, 3.63) is 127 Å². The van der Waals surface area contributed by atoms with Gasteiger partial charge in [0.15, 0.2) is 0 Å². The zero-order valence-electron chi connectivity index (χ0n) is 24.9. The molecular weight excluding hydrogens is 551 g/mol. The number of anilines is 2. The van der Waals surface area contributed by atoms with E-state index in [4.69, 9.17) is 0 Å². The van der Waals surface area contributed by atoms with E-state index in [1.54, 1.807) is 0 Å². The minimum atomic E-state index is -0.0354. The summed E-state index contributed by atoms with van der Waals surface area (Å²) in [7, 11) is 0. The maximum absolute atomic E-state index is 2.62. The Labute approximate surface area is 260 Å². The predicted molar refractivity (Wildman–Crippen MR) is 191 cm³/mol. The molecule has 0 aliphatic carbocycles. The fraction of sp³-hybridized carbons (Fsp3) is 0.100. The van der Waals surface area contributed by atoms with Crippen LogP contribution in [0.25, 0.3) is 58.8 Å². The maximum atomic E-state index is 2.62. The third-order valence-corrected chi connectivity index (χ3v) is 11.0. The lowest BCUT2D eigenvalue weighted by molar-refractivity contribution is 0.596. The number of thiophene rings is 1. The van der Waals surface area contributed by atoms with Gasteiger partial charge in [0.25, 0.3) is 0 Å². The van der Waals surface area contributed by atoms with Crippen molar-refractivity contribution in [2.75, 3.05) is 4.81 Å².